The quantitative estimate of drug-likeness (QED) is 0.265. The molecule has 47 heavy (non-hydrogen) atoms. The maximum atomic E-state index is 14.3. The minimum absolute atomic E-state index is 0.0136. The van der Waals surface area contributed by atoms with Crippen LogP contribution in [0.3, 0.4) is 0 Å². The third-order valence-corrected chi connectivity index (χ3v) is 10.6. The highest BCUT2D eigenvalue weighted by atomic mass is 32.2. The smallest absolute Gasteiger partial charge is 0.132 e. The fraction of sp³-hybridized carbons (Fsp3) is 0.500. The number of hydrogen-bond acceptors (Lipinski definition) is 9. The summed E-state index contributed by atoms with van der Waals surface area (Å²) in [5.74, 6) is -0.228. The van der Waals surface area contributed by atoms with Crippen molar-refractivity contribution in [1.82, 2.24) is 4.90 Å². The number of nitrogens with zero attached hydrogens (tertiary/aromatic N) is 1. The molecule has 3 heterocycles. The van der Waals surface area contributed by atoms with Gasteiger partial charge in [-0.2, -0.15) is 0 Å². The number of rotatable bonds is 9. The summed E-state index contributed by atoms with van der Waals surface area (Å²) < 4.78 is 46.4. The van der Waals surface area contributed by atoms with Gasteiger partial charge in [0.1, 0.15) is 59.4 Å². The van der Waals surface area contributed by atoms with E-state index in [2.05, 4.69) is 24.0 Å². The first kappa shape index (κ1) is 34.3. The molecule has 0 aliphatic carbocycles. The van der Waals surface area contributed by atoms with Crippen molar-refractivity contribution >= 4 is 11.8 Å². The molecule has 3 aliphatic rings. The van der Waals surface area contributed by atoms with Crippen molar-refractivity contribution < 1.29 is 38.3 Å². The molecule has 0 unspecified atom stereocenters. The summed E-state index contributed by atoms with van der Waals surface area (Å²) in [4.78, 5) is 2.31. The number of aliphatic hydroxyl groups is 3. The lowest BCUT2D eigenvalue weighted by molar-refractivity contribution is -0.200. The second-order valence-electron chi connectivity index (χ2n) is 12.8. The molecule has 0 saturated carbocycles. The third-order valence-electron chi connectivity index (χ3n) is 9.72. The number of benzene rings is 3. The fourth-order valence-corrected chi connectivity index (χ4v) is 7.75. The lowest BCUT2D eigenvalue weighted by atomic mass is 9.90. The Kier molecular flexibility index (Phi) is 10.8. The van der Waals surface area contributed by atoms with Crippen LogP contribution in [0.1, 0.15) is 59.8 Å². The van der Waals surface area contributed by atoms with Crippen molar-refractivity contribution in [1.29, 1.82) is 0 Å². The molecular formula is C36H44F2N2O6S. The van der Waals surface area contributed by atoms with Crippen molar-refractivity contribution in [3.05, 3.63) is 100 Å². The van der Waals surface area contributed by atoms with Crippen LogP contribution in [0.25, 0.3) is 0 Å². The van der Waals surface area contributed by atoms with Crippen molar-refractivity contribution in [2.24, 2.45) is 5.73 Å². The Balaban J connectivity index is 1.05. The molecule has 3 aromatic rings. The van der Waals surface area contributed by atoms with Crippen LogP contribution in [0.2, 0.25) is 0 Å². The van der Waals surface area contributed by atoms with Gasteiger partial charge in [-0.15, -0.1) is 11.8 Å². The average molecular weight is 671 g/mol. The predicted molar refractivity (Wildman–Crippen MR) is 176 cm³/mol. The van der Waals surface area contributed by atoms with E-state index >= 15 is 0 Å². The van der Waals surface area contributed by atoms with Crippen LogP contribution in [0.4, 0.5) is 8.78 Å². The normalized spacial score (nSPS) is 31.6. The van der Waals surface area contributed by atoms with Gasteiger partial charge in [-0.1, -0.05) is 37.3 Å². The molecule has 0 aromatic heterocycles. The highest BCUT2D eigenvalue weighted by Gasteiger charge is 2.44. The van der Waals surface area contributed by atoms with Gasteiger partial charge >= 0.3 is 0 Å². The van der Waals surface area contributed by atoms with E-state index in [-0.39, 0.29) is 17.7 Å². The van der Waals surface area contributed by atoms with Crippen LogP contribution in [0.5, 0.6) is 5.75 Å². The van der Waals surface area contributed by atoms with E-state index in [0.29, 0.717) is 19.4 Å². The standard InChI is InChI=1S/C36H44F2N2O6S/c1-3-21-6-7-22(34-32(42)31(41)33(43)36(46-34)47-2)15-23(21)14-20-4-9-26(10-5-20)45-27-12-13-40(18-27)25-17-30(39)35(44-19-25)28-16-24(37)8-11-29(28)38/h4-11,15-16,25,27,30-36,41-43H,3,12-14,17-19,39H2,1-2H3/t25-,27+,30+,31-,32-,33+,34+,35-,36-/m1/s1. The summed E-state index contributed by atoms with van der Waals surface area (Å²) in [6, 6.07) is 17.1. The van der Waals surface area contributed by atoms with E-state index in [9.17, 15) is 24.1 Å². The Morgan fingerprint density at radius 2 is 1.74 bits per heavy atom. The van der Waals surface area contributed by atoms with Gasteiger partial charge < -0.3 is 35.3 Å². The zero-order valence-electron chi connectivity index (χ0n) is 26.7. The summed E-state index contributed by atoms with van der Waals surface area (Å²) in [6.45, 7) is 4.06. The number of hydrogen-bond donors (Lipinski definition) is 4. The SMILES string of the molecule is CCc1ccc([C@@H]2O[C@H](SC)[C@@H](O)[C@H](O)[C@H]2O)cc1Cc1ccc(O[C@H]2CCN([C@H]3CO[C@H](c4cc(F)ccc4F)[C@@H](N)C3)C2)cc1. The molecule has 0 radical (unpaired) electrons. The topological polar surface area (TPSA) is 118 Å². The third kappa shape index (κ3) is 7.52. The van der Waals surface area contributed by atoms with Crippen LogP contribution in [0, 0.1) is 11.6 Å². The van der Waals surface area contributed by atoms with Gasteiger partial charge in [0, 0.05) is 30.7 Å². The van der Waals surface area contributed by atoms with Crippen molar-refractivity contribution in [2.75, 3.05) is 26.0 Å². The molecule has 6 rings (SSSR count). The second kappa shape index (κ2) is 14.9. The van der Waals surface area contributed by atoms with Crippen LogP contribution in [0.15, 0.2) is 60.7 Å². The molecule has 254 valence electrons. The number of likely N-dealkylation sites (tertiary alicyclic amines) is 1. The molecule has 5 N–H and O–H groups in total. The van der Waals surface area contributed by atoms with E-state index in [1.54, 1.807) is 6.26 Å². The Labute approximate surface area is 278 Å². The van der Waals surface area contributed by atoms with Gasteiger partial charge in [-0.3, -0.25) is 4.90 Å². The van der Waals surface area contributed by atoms with Gasteiger partial charge in [0.2, 0.25) is 0 Å². The molecule has 3 aromatic carbocycles. The Morgan fingerprint density at radius 1 is 0.957 bits per heavy atom. The van der Waals surface area contributed by atoms with Crippen LogP contribution >= 0.6 is 11.8 Å². The van der Waals surface area contributed by atoms with E-state index in [0.717, 1.165) is 60.5 Å². The maximum Gasteiger partial charge on any atom is 0.132 e. The molecule has 3 saturated heterocycles. The van der Waals surface area contributed by atoms with Crippen molar-refractivity contribution in [3.8, 4) is 5.75 Å². The summed E-state index contributed by atoms with van der Waals surface area (Å²) in [7, 11) is 0. The minimum atomic E-state index is -1.29. The maximum absolute atomic E-state index is 14.3. The first-order valence-corrected chi connectivity index (χ1v) is 17.6. The fourth-order valence-electron chi connectivity index (χ4n) is 7.08. The Morgan fingerprint density at radius 3 is 2.47 bits per heavy atom. The van der Waals surface area contributed by atoms with Crippen LogP contribution in [-0.4, -0.2) is 88.1 Å². The summed E-state index contributed by atoms with van der Waals surface area (Å²) in [5, 5.41) is 31.4. The van der Waals surface area contributed by atoms with Gasteiger partial charge in [-0.05, 0) is 84.5 Å². The van der Waals surface area contributed by atoms with E-state index in [1.807, 2.05) is 30.3 Å². The Bertz CT molecular complexity index is 1510. The lowest BCUT2D eigenvalue weighted by Crippen LogP contribution is -2.52. The molecular weight excluding hydrogens is 626 g/mol. The summed E-state index contributed by atoms with van der Waals surface area (Å²) >= 11 is 1.30. The number of nitrogens with two attached hydrogens (primary N) is 1. The lowest BCUT2D eigenvalue weighted by Gasteiger charge is -2.40. The molecule has 11 heteroatoms. The van der Waals surface area contributed by atoms with Crippen LogP contribution in [-0.2, 0) is 22.3 Å². The molecule has 3 fully saturated rings. The predicted octanol–water partition coefficient (Wildman–Crippen LogP) is 4.27. The number of ether oxygens (including phenoxy) is 3. The average Bonchev–Trinajstić information content (AvgIpc) is 3.54. The first-order valence-electron chi connectivity index (χ1n) is 16.3. The molecule has 0 amide bonds. The molecule has 0 spiro atoms. The van der Waals surface area contributed by atoms with Gasteiger partial charge in [-0.25, -0.2) is 8.78 Å². The van der Waals surface area contributed by atoms with E-state index in [4.69, 9.17) is 19.9 Å². The largest absolute Gasteiger partial charge is 0.489 e. The van der Waals surface area contributed by atoms with Crippen molar-refractivity contribution in [3.63, 3.8) is 0 Å². The van der Waals surface area contributed by atoms with Crippen molar-refractivity contribution in [2.45, 2.75) is 86.8 Å². The number of halogens is 2. The molecule has 3 aliphatic heterocycles. The monoisotopic (exact) mass is 670 g/mol. The highest BCUT2D eigenvalue weighted by molar-refractivity contribution is 7.99. The van der Waals surface area contributed by atoms with Gasteiger partial charge in [0.15, 0.2) is 0 Å². The minimum Gasteiger partial charge on any atom is -0.489 e. The second-order valence-corrected chi connectivity index (χ2v) is 13.8. The number of aliphatic hydroxyl groups excluding tert-OH is 3. The summed E-state index contributed by atoms with van der Waals surface area (Å²) in [6.07, 6.45) is -0.289. The Hall–Kier alpha value is -2.61. The number of thioether (sulfide) groups is 1. The van der Waals surface area contributed by atoms with Gasteiger partial charge in [0.25, 0.3) is 0 Å². The zero-order chi connectivity index (χ0) is 33.2. The zero-order valence-corrected chi connectivity index (χ0v) is 27.5. The molecule has 9 atom stereocenters. The first-order chi connectivity index (χ1) is 22.6. The summed E-state index contributed by atoms with van der Waals surface area (Å²) in [5.41, 5.74) is 10.1. The highest BCUT2D eigenvalue weighted by Crippen LogP contribution is 2.37. The molecule has 8 nitrogen and oxygen atoms in total. The van der Waals surface area contributed by atoms with Crippen LogP contribution < -0.4 is 10.5 Å². The number of aryl methyl sites for hydroxylation is 1. The van der Waals surface area contributed by atoms with E-state index in [1.165, 1.54) is 23.4 Å². The van der Waals surface area contributed by atoms with E-state index < -0.39 is 53.6 Å². The van der Waals surface area contributed by atoms with Gasteiger partial charge in [0.05, 0.1) is 6.61 Å². The molecule has 0 bridgehead atoms.